The van der Waals surface area contributed by atoms with Gasteiger partial charge in [-0.3, -0.25) is 4.79 Å². The van der Waals surface area contributed by atoms with Crippen LogP contribution in [0.25, 0.3) is 0 Å². The van der Waals surface area contributed by atoms with Crippen LogP contribution in [0.4, 0.5) is 10.5 Å². The van der Waals surface area contributed by atoms with E-state index in [1.165, 1.54) is 13.2 Å². The molecule has 0 aliphatic rings. The third kappa shape index (κ3) is 4.66. The van der Waals surface area contributed by atoms with Crippen LogP contribution < -0.4 is 10.6 Å². The van der Waals surface area contributed by atoms with E-state index in [0.29, 0.717) is 5.69 Å². The molecule has 0 aliphatic carbocycles. The van der Waals surface area contributed by atoms with Gasteiger partial charge >= 0.3 is 18.0 Å². The van der Waals surface area contributed by atoms with E-state index in [1.807, 2.05) is 0 Å². The van der Waals surface area contributed by atoms with E-state index < -0.39 is 18.0 Å². The zero-order valence-corrected chi connectivity index (χ0v) is 10.3. The summed E-state index contributed by atoms with van der Waals surface area (Å²) in [7, 11) is 1.24. The number of carbonyl (C=O) groups excluding carboxylic acids is 2. The van der Waals surface area contributed by atoms with E-state index in [4.69, 9.17) is 5.11 Å². The Morgan fingerprint density at radius 2 is 1.95 bits per heavy atom. The summed E-state index contributed by atoms with van der Waals surface area (Å²) in [5.74, 6) is -1.57. The number of urea groups is 1. The number of hydrogen-bond donors (Lipinski definition) is 3. The Kier molecular flexibility index (Phi) is 5.34. The van der Waals surface area contributed by atoms with Gasteiger partial charge in [0, 0.05) is 6.54 Å². The fraction of sp³-hybridized carbons (Fsp3) is 0.250. The molecule has 102 valence electrons. The molecule has 7 nitrogen and oxygen atoms in total. The second-order valence-electron chi connectivity index (χ2n) is 3.56. The van der Waals surface area contributed by atoms with Gasteiger partial charge in [0.05, 0.1) is 24.8 Å². The molecule has 0 fully saturated rings. The zero-order chi connectivity index (χ0) is 14.3. The van der Waals surface area contributed by atoms with Gasteiger partial charge in [-0.1, -0.05) is 12.1 Å². The number of amides is 2. The van der Waals surface area contributed by atoms with Crippen LogP contribution in [0.15, 0.2) is 24.3 Å². The van der Waals surface area contributed by atoms with Crippen molar-refractivity contribution in [2.75, 3.05) is 19.0 Å². The van der Waals surface area contributed by atoms with Crippen LogP contribution in [0.2, 0.25) is 0 Å². The molecule has 0 radical (unpaired) electrons. The van der Waals surface area contributed by atoms with E-state index in [-0.39, 0.29) is 18.5 Å². The third-order valence-corrected chi connectivity index (χ3v) is 2.20. The molecule has 3 N–H and O–H groups in total. The summed E-state index contributed by atoms with van der Waals surface area (Å²) in [5, 5.41) is 13.3. The van der Waals surface area contributed by atoms with Gasteiger partial charge in [-0.25, -0.2) is 9.59 Å². The minimum Gasteiger partial charge on any atom is -0.481 e. The van der Waals surface area contributed by atoms with Gasteiger partial charge in [0.25, 0.3) is 0 Å². The zero-order valence-electron chi connectivity index (χ0n) is 10.3. The lowest BCUT2D eigenvalue weighted by atomic mass is 10.2. The maximum absolute atomic E-state index is 11.5. The topological polar surface area (TPSA) is 105 Å². The van der Waals surface area contributed by atoms with Crippen LogP contribution in [-0.4, -0.2) is 36.7 Å². The molecule has 0 aromatic heterocycles. The first-order valence-electron chi connectivity index (χ1n) is 5.48. The molecule has 19 heavy (non-hydrogen) atoms. The maximum Gasteiger partial charge on any atom is 0.339 e. The molecule has 1 aromatic carbocycles. The van der Waals surface area contributed by atoms with Crippen molar-refractivity contribution >= 4 is 23.7 Å². The predicted octanol–water partition coefficient (Wildman–Crippen LogP) is 1.07. The van der Waals surface area contributed by atoms with Gasteiger partial charge in [0.2, 0.25) is 0 Å². The van der Waals surface area contributed by atoms with Crippen molar-refractivity contribution in [3.05, 3.63) is 29.8 Å². The Balaban J connectivity index is 2.64. The number of para-hydroxylation sites is 1. The van der Waals surface area contributed by atoms with Crippen LogP contribution in [0.3, 0.4) is 0 Å². The van der Waals surface area contributed by atoms with E-state index in [0.717, 1.165) is 0 Å². The minimum absolute atomic E-state index is 0.00155. The molecule has 0 saturated heterocycles. The van der Waals surface area contributed by atoms with Crippen molar-refractivity contribution in [2.45, 2.75) is 6.42 Å². The number of ether oxygens (including phenoxy) is 1. The highest BCUT2D eigenvalue weighted by molar-refractivity contribution is 6.00. The highest BCUT2D eigenvalue weighted by Gasteiger charge is 2.12. The van der Waals surface area contributed by atoms with Gasteiger partial charge in [-0.15, -0.1) is 0 Å². The van der Waals surface area contributed by atoms with Crippen LogP contribution in [0.1, 0.15) is 16.8 Å². The smallest absolute Gasteiger partial charge is 0.339 e. The second kappa shape index (κ2) is 7.00. The van der Waals surface area contributed by atoms with Gasteiger partial charge in [-0.2, -0.15) is 0 Å². The molecule has 7 heteroatoms. The molecular formula is C12H14N2O5. The summed E-state index contributed by atoms with van der Waals surface area (Å²) < 4.78 is 4.58. The number of methoxy groups -OCH3 is 1. The van der Waals surface area contributed by atoms with Gasteiger partial charge in [0.15, 0.2) is 0 Å². The molecule has 2 amide bonds. The maximum atomic E-state index is 11.5. The first-order chi connectivity index (χ1) is 9.04. The molecule has 0 bridgehead atoms. The number of anilines is 1. The number of hydrogen-bond acceptors (Lipinski definition) is 4. The van der Waals surface area contributed by atoms with Crippen molar-refractivity contribution in [1.29, 1.82) is 0 Å². The lowest BCUT2D eigenvalue weighted by molar-refractivity contribution is -0.136. The lowest BCUT2D eigenvalue weighted by Crippen LogP contribution is -2.31. The second-order valence-corrected chi connectivity index (χ2v) is 3.56. The van der Waals surface area contributed by atoms with Crippen LogP contribution in [0, 0.1) is 0 Å². The fourth-order valence-electron chi connectivity index (χ4n) is 1.33. The Labute approximate surface area is 109 Å². The van der Waals surface area contributed by atoms with Gasteiger partial charge < -0.3 is 20.5 Å². The standard InChI is InChI=1S/C12H14N2O5/c1-19-11(17)8-4-2-3-5-9(8)14-12(18)13-7-6-10(15)16/h2-5H,6-7H2,1H3,(H,15,16)(H2,13,14,18). The first kappa shape index (κ1) is 14.5. The molecule has 0 spiro atoms. The van der Waals surface area contributed by atoms with Crippen molar-refractivity contribution in [3.63, 3.8) is 0 Å². The number of carboxylic acids is 1. The quantitative estimate of drug-likeness (QED) is 0.691. The van der Waals surface area contributed by atoms with E-state index in [9.17, 15) is 14.4 Å². The SMILES string of the molecule is COC(=O)c1ccccc1NC(=O)NCCC(=O)O. The molecule has 0 aliphatic heterocycles. The van der Waals surface area contributed by atoms with Crippen molar-refractivity contribution < 1.29 is 24.2 Å². The Morgan fingerprint density at radius 1 is 1.26 bits per heavy atom. The number of benzene rings is 1. The van der Waals surface area contributed by atoms with Crippen LogP contribution in [-0.2, 0) is 9.53 Å². The lowest BCUT2D eigenvalue weighted by Gasteiger charge is -2.10. The number of carboxylic acid groups (broad SMARTS) is 1. The number of aliphatic carboxylic acids is 1. The van der Waals surface area contributed by atoms with E-state index in [1.54, 1.807) is 18.2 Å². The summed E-state index contributed by atoms with van der Waals surface area (Å²) in [6, 6.07) is 5.76. The summed E-state index contributed by atoms with van der Waals surface area (Å²) in [5.41, 5.74) is 0.514. The minimum atomic E-state index is -1.00. The van der Waals surface area contributed by atoms with E-state index >= 15 is 0 Å². The van der Waals surface area contributed by atoms with Crippen molar-refractivity contribution in [1.82, 2.24) is 5.32 Å². The Bertz CT molecular complexity index is 487. The fourth-order valence-corrected chi connectivity index (χ4v) is 1.33. The average Bonchev–Trinajstić information content (AvgIpc) is 2.38. The number of carbonyl (C=O) groups is 3. The average molecular weight is 266 g/mol. The monoisotopic (exact) mass is 266 g/mol. The summed E-state index contributed by atoms with van der Waals surface area (Å²) >= 11 is 0. The molecule has 1 aromatic rings. The number of nitrogens with one attached hydrogen (secondary N) is 2. The summed E-state index contributed by atoms with van der Waals surface area (Å²) in [4.78, 5) is 33.2. The highest BCUT2D eigenvalue weighted by Crippen LogP contribution is 2.15. The molecular weight excluding hydrogens is 252 g/mol. The number of esters is 1. The van der Waals surface area contributed by atoms with Gasteiger partial charge in [0.1, 0.15) is 0 Å². The van der Waals surface area contributed by atoms with E-state index in [2.05, 4.69) is 15.4 Å². The Morgan fingerprint density at radius 3 is 2.58 bits per heavy atom. The molecule has 0 heterocycles. The molecule has 0 unspecified atom stereocenters. The highest BCUT2D eigenvalue weighted by atomic mass is 16.5. The molecule has 0 atom stereocenters. The largest absolute Gasteiger partial charge is 0.481 e. The summed E-state index contributed by atoms with van der Waals surface area (Å²) in [6.45, 7) is 0.00155. The van der Waals surface area contributed by atoms with Crippen LogP contribution in [0.5, 0.6) is 0 Å². The molecule has 1 rings (SSSR count). The summed E-state index contributed by atoms with van der Waals surface area (Å²) in [6.07, 6.45) is -0.175. The normalized spacial score (nSPS) is 9.53. The van der Waals surface area contributed by atoms with Crippen molar-refractivity contribution in [3.8, 4) is 0 Å². The predicted molar refractivity (Wildman–Crippen MR) is 67.1 cm³/mol. The first-order valence-corrected chi connectivity index (χ1v) is 5.48. The number of rotatable bonds is 5. The van der Waals surface area contributed by atoms with Gasteiger partial charge in [-0.05, 0) is 12.1 Å². The van der Waals surface area contributed by atoms with Crippen LogP contribution >= 0.6 is 0 Å². The molecule has 0 saturated carbocycles. The van der Waals surface area contributed by atoms with Crippen molar-refractivity contribution in [2.24, 2.45) is 0 Å². The Hall–Kier alpha value is -2.57. The third-order valence-electron chi connectivity index (χ3n) is 2.20.